The van der Waals surface area contributed by atoms with Crippen molar-refractivity contribution in [3.63, 3.8) is 0 Å². The Labute approximate surface area is 222 Å². The van der Waals surface area contributed by atoms with E-state index in [9.17, 15) is 0 Å². The normalized spacial score (nSPS) is 12.1. The Kier molecular flexibility index (Phi) is 4.02. The Balaban J connectivity index is 1.58. The Morgan fingerprint density at radius 1 is 0.538 bits per heavy atom. The van der Waals surface area contributed by atoms with E-state index in [2.05, 4.69) is 129 Å². The van der Waals surface area contributed by atoms with Crippen LogP contribution in [0.3, 0.4) is 0 Å². The Hall–Kier alpha value is -5.35. The van der Waals surface area contributed by atoms with Gasteiger partial charge in [-0.25, -0.2) is 4.98 Å². The largest absolute Gasteiger partial charge is 0.441 e. The maximum atomic E-state index is 5.97. The summed E-state index contributed by atoms with van der Waals surface area (Å²) in [5.41, 5.74) is 8.46. The van der Waals surface area contributed by atoms with Crippen LogP contribution < -0.4 is 0 Å². The third kappa shape index (κ3) is 2.75. The van der Waals surface area contributed by atoms with Gasteiger partial charge in [0.2, 0.25) is 0 Å². The van der Waals surface area contributed by atoms with Gasteiger partial charge in [0.15, 0.2) is 12.0 Å². The third-order valence-corrected chi connectivity index (χ3v) is 8.02. The van der Waals surface area contributed by atoms with Crippen LogP contribution in [0.1, 0.15) is 0 Å². The van der Waals surface area contributed by atoms with Gasteiger partial charge in [-0.15, -0.1) is 0 Å². The summed E-state index contributed by atoms with van der Waals surface area (Å²) < 4.78 is 10.7. The molecule has 3 aromatic heterocycles. The molecule has 0 unspecified atom stereocenters. The van der Waals surface area contributed by atoms with Gasteiger partial charge in [0.1, 0.15) is 5.52 Å². The molecular formula is C35H21N3O. The zero-order chi connectivity index (χ0) is 25.5. The lowest BCUT2D eigenvalue weighted by Gasteiger charge is -2.10. The van der Waals surface area contributed by atoms with Crippen LogP contribution in [-0.4, -0.2) is 14.1 Å². The zero-order valence-electron chi connectivity index (χ0n) is 20.9. The average molecular weight is 500 g/mol. The molecule has 0 spiro atoms. The summed E-state index contributed by atoms with van der Waals surface area (Å²) in [6, 6.07) is 43.3. The number of para-hydroxylation sites is 3. The van der Waals surface area contributed by atoms with E-state index < -0.39 is 0 Å². The smallest absolute Gasteiger partial charge is 0.182 e. The molecule has 0 saturated carbocycles. The maximum Gasteiger partial charge on any atom is 0.182 e. The van der Waals surface area contributed by atoms with Gasteiger partial charge in [-0.3, -0.25) is 0 Å². The summed E-state index contributed by atoms with van der Waals surface area (Å²) in [5.74, 6) is 0. The van der Waals surface area contributed by atoms with Crippen LogP contribution in [0.2, 0.25) is 0 Å². The van der Waals surface area contributed by atoms with E-state index in [4.69, 9.17) is 4.42 Å². The second-order valence-corrected chi connectivity index (χ2v) is 10.1. The predicted molar refractivity (Wildman–Crippen MR) is 160 cm³/mol. The van der Waals surface area contributed by atoms with Gasteiger partial charge in [-0.2, -0.15) is 0 Å². The Morgan fingerprint density at radius 2 is 1.33 bits per heavy atom. The number of aromatic nitrogens is 3. The number of nitrogens with zero attached hydrogens (tertiary/aromatic N) is 3. The van der Waals surface area contributed by atoms with Crippen LogP contribution in [0.15, 0.2) is 132 Å². The van der Waals surface area contributed by atoms with Crippen molar-refractivity contribution in [3.05, 3.63) is 128 Å². The highest BCUT2D eigenvalue weighted by Crippen LogP contribution is 2.43. The summed E-state index contributed by atoms with van der Waals surface area (Å²) in [5, 5.41) is 7.35. The second-order valence-electron chi connectivity index (χ2n) is 10.1. The maximum absolute atomic E-state index is 5.97. The van der Waals surface area contributed by atoms with E-state index in [0.717, 1.165) is 28.0 Å². The van der Waals surface area contributed by atoms with E-state index in [1.165, 1.54) is 55.3 Å². The summed E-state index contributed by atoms with van der Waals surface area (Å²) in [6.45, 7) is 0. The molecule has 0 fully saturated rings. The fourth-order valence-electron chi connectivity index (χ4n) is 6.39. The average Bonchev–Trinajstić information content (AvgIpc) is 3.68. The second kappa shape index (κ2) is 7.59. The molecule has 0 atom stereocenters. The zero-order valence-corrected chi connectivity index (χ0v) is 20.9. The minimum absolute atomic E-state index is 0.786. The van der Waals surface area contributed by atoms with Gasteiger partial charge >= 0.3 is 0 Å². The number of hydrogen-bond donors (Lipinski definition) is 0. The van der Waals surface area contributed by atoms with Gasteiger partial charge in [-0.1, -0.05) is 72.8 Å². The van der Waals surface area contributed by atoms with Gasteiger partial charge in [-0.05, 0) is 59.3 Å². The molecule has 182 valence electrons. The molecular weight excluding hydrogens is 478 g/mol. The first kappa shape index (κ1) is 20.7. The summed E-state index contributed by atoms with van der Waals surface area (Å²) in [4.78, 5) is 4.46. The quantitative estimate of drug-likeness (QED) is 0.238. The molecule has 0 aliphatic rings. The van der Waals surface area contributed by atoms with Gasteiger partial charge in [0.25, 0.3) is 0 Å². The lowest BCUT2D eigenvalue weighted by Crippen LogP contribution is -1.96. The number of fused-ring (bicyclic) bond motifs is 9. The number of rotatable bonds is 2. The van der Waals surface area contributed by atoms with Crippen molar-refractivity contribution in [2.75, 3.05) is 0 Å². The molecule has 9 aromatic rings. The Bertz CT molecular complexity index is 2390. The van der Waals surface area contributed by atoms with E-state index in [-0.39, 0.29) is 0 Å². The van der Waals surface area contributed by atoms with Crippen LogP contribution in [0.5, 0.6) is 0 Å². The van der Waals surface area contributed by atoms with Crippen LogP contribution >= 0.6 is 0 Å². The highest BCUT2D eigenvalue weighted by molar-refractivity contribution is 6.27. The molecule has 4 nitrogen and oxygen atoms in total. The van der Waals surface area contributed by atoms with Crippen molar-refractivity contribution in [1.29, 1.82) is 0 Å². The van der Waals surface area contributed by atoms with Crippen molar-refractivity contribution in [1.82, 2.24) is 14.1 Å². The Morgan fingerprint density at radius 3 is 2.23 bits per heavy atom. The summed E-state index contributed by atoms with van der Waals surface area (Å²) >= 11 is 0. The first-order valence-corrected chi connectivity index (χ1v) is 13.1. The molecule has 0 aliphatic heterocycles. The molecule has 6 aromatic carbocycles. The van der Waals surface area contributed by atoms with Gasteiger partial charge < -0.3 is 13.6 Å². The van der Waals surface area contributed by atoms with Crippen LogP contribution in [-0.2, 0) is 0 Å². The lowest BCUT2D eigenvalue weighted by molar-refractivity contribution is 0.600. The highest BCUT2D eigenvalue weighted by atomic mass is 16.3. The van der Waals surface area contributed by atoms with Crippen LogP contribution in [0.25, 0.3) is 76.9 Å². The van der Waals surface area contributed by atoms with Crippen molar-refractivity contribution < 1.29 is 4.42 Å². The van der Waals surface area contributed by atoms with Gasteiger partial charge in [0.05, 0.1) is 27.8 Å². The fourth-order valence-corrected chi connectivity index (χ4v) is 6.39. The first-order valence-electron chi connectivity index (χ1n) is 13.1. The fraction of sp³-hybridized carbons (Fsp3) is 0. The van der Waals surface area contributed by atoms with Crippen molar-refractivity contribution in [2.45, 2.75) is 0 Å². The molecule has 0 saturated heterocycles. The van der Waals surface area contributed by atoms with Crippen molar-refractivity contribution in [3.8, 4) is 11.4 Å². The first-order chi connectivity index (χ1) is 19.4. The molecule has 0 amide bonds. The molecule has 0 aliphatic carbocycles. The van der Waals surface area contributed by atoms with Crippen LogP contribution in [0.4, 0.5) is 0 Å². The van der Waals surface area contributed by atoms with E-state index >= 15 is 0 Å². The summed E-state index contributed by atoms with van der Waals surface area (Å²) in [7, 11) is 0. The lowest BCUT2D eigenvalue weighted by atomic mass is 10.0. The monoisotopic (exact) mass is 499 g/mol. The van der Waals surface area contributed by atoms with Crippen molar-refractivity contribution >= 4 is 65.5 Å². The number of oxazole rings is 1. The minimum Gasteiger partial charge on any atom is -0.441 e. The standard InChI is InChI=1S/C35H21N3O/c1-2-11-24(12-3-1)37-30-18-17-26-25-13-6-7-15-29(25)38(31-16-8-14-28-35(31)39-21-36-28)34(26)33(30)27-19-22-9-4-5-10-23(22)20-32(27)37/h1-21H. The molecule has 4 heteroatoms. The topological polar surface area (TPSA) is 35.9 Å². The predicted octanol–water partition coefficient (Wildman–Crippen LogP) is 9.18. The number of benzene rings is 6. The van der Waals surface area contributed by atoms with E-state index in [0.29, 0.717) is 0 Å². The molecule has 39 heavy (non-hydrogen) atoms. The molecule has 3 heterocycles. The van der Waals surface area contributed by atoms with Gasteiger partial charge in [0, 0.05) is 27.2 Å². The molecule has 0 radical (unpaired) electrons. The summed E-state index contributed by atoms with van der Waals surface area (Å²) in [6.07, 6.45) is 1.53. The molecule has 0 N–H and O–H groups in total. The number of hydrogen-bond acceptors (Lipinski definition) is 2. The molecule has 0 bridgehead atoms. The molecule has 9 rings (SSSR count). The highest BCUT2D eigenvalue weighted by Gasteiger charge is 2.22. The van der Waals surface area contributed by atoms with Crippen molar-refractivity contribution in [2.24, 2.45) is 0 Å². The van der Waals surface area contributed by atoms with Crippen LogP contribution in [0, 0.1) is 0 Å². The van der Waals surface area contributed by atoms with E-state index in [1.807, 2.05) is 6.07 Å². The SMILES string of the molecule is c1ccc(-n2c3cc4ccccc4cc3c3c2ccc2c4ccccc4n(-c4cccc5ncoc45)c23)cc1. The third-order valence-electron chi connectivity index (χ3n) is 8.02. The minimum atomic E-state index is 0.786. The van der Waals surface area contributed by atoms with E-state index in [1.54, 1.807) is 0 Å².